The van der Waals surface area contributed by atoms with Crippen LogP contribution in [0.5, 0.6) is 5.75 Å². The lowest BCUT2D eigenvalue weighted by Crippen LogP contribution is -2.16. The molecule has 0 aromatic heterocycles. The lowest BCUT2D eigenvalue weighted by atomic mass is 10.0. The third-order valence-corrected chi connectivity index (χ3v) is 9.32. The highest BCUT2D eigenvalue weighted by molar-refractivity contribution is 7.86. The van der Waals surface area contributed by atoms with Crippen LogP contribution in [0.4, 0.5) is 0 Å². The molecule has 0 fully saturated rings. The highest BCUT2D eigenvalue weighted by Crippen LogP contribution is 2.15. The summed E-state index contributed by atoms with van der Waals surface area (Å²) >= 11 is 0. The summed E-state index contributed by atoms with van der Waals surface area (Å²) in [5, 5.41) is 0. The summed E-state index contributed by atoms with van der Waals surface area (Å²) in [5.74, 6) is 0.878. The average molecular weight is 801 g/mol. The van der Waals surface area contributed by atoms with Gasteiger partial charge in [-0.1, -0.05) is 68.9 Å². The van der Waals surface area contributed by atoms with Crippen LogP contribution in [-0.2, 0) is 63.4 Å². The van der Waals surface area contributed by atoms with Crippen molar-refractivity contribution in [2.45, 2.75) is 63.7 Å². The number of hydrogen-bond donors (Lipinski definition) is 0. The Morgan fingerprint density at radius 2 is 0.782 bits per heavy atom. The highest BCUT2D eigenvalue weighted by Gasteiger charge is 2.14. The Labute approximate surface area is 330 Å². The lowest BCUT2D eigenvalue weighted by Gasteiger charge is -2.09. The van der Waals surface area contributed by atoms with Crippen LogP contribution in [0.2, 0.25) is 0 Å². The third-order valence-electron chi connectivity index (χ3n) is 7.99. The maximum atomic E-state index is 12.1. The minimum atomic E-state index is -3.78. The van der Waals surface area contributed by atoms with Gasteiger partial charge in [0.2, 0.25) is 0 Å². The number of aryl methyl sites for hydroxylation is 2. The number of rotatable bonds is 40. The Bertz CT molecular complexity index is 1230. The maximum absolute atomic E-state index is 12.1. The van der Waals surface area contributed by atoms with Crippen LogP contribution in [0.25, 0.3) is 0 Å². The molecule has 13 nitrogen and oxygen atoms in total. The molecule has 316 valence electrons. The van der Waals surface area contributed by atoms with E-state index in [0.29, 0.717) is 119 Å². The van der Waals surface area contributed by atoms with E-state index in [9.17, 15) is 8.42 Å². The minimum Gasteiger partial charge on any atom is -0.491 e. The van der Waals surface area contributed by atoms with Gasteiger partial charge in [-0.05, 0) is 49.6 Å². The SMILES string of the molecule is CCCCCCCCc1ccc(OCCOCCOCCOCCOCCOCCOCCOCCOCCOCCOS(=O)(=O)c2ccc(C)cc2)cc1. The molecule has 0 N–H and O–H groups in total. The molecule has 2 aromatic rings. The number of benzene rings is 2. The molecule has 0 radical (unpaired) electrons. The van der Waals surface area contributed by atoms with Crippen molar-refractivity contribution < 1.29 is 60.0 Å². The van der Waals surface area contributed by atoms with E-state index in [1.54, 1.807) is 12.1 Å². The van der Waals surface area contributed by atoms with Crippen LogP contribution < -0.4 is 4.74 Å². The molecule has 0 atom stereocenters. The van der Waals surface area contributed by atoms with Crippen molar-refractivity contribution in [3.05, 3.63) is 59.7 Å². The first-order chi connectivity index (χ1) is 27.0. The summed E-state index contributed by atoms with van der Waals surface area (Å²) in [6, 6.07) is 14.9. The fourth-order valence-electron chi connectivity index (χ4n) is 4.92. The third kappa shape index (κ3) is 28.8. The summed E-state index contributed by atoms with van der Waals surface area (Å²) in [6.45, 7) is 12.7. The quantitative estimate of drug-likeness (QED) is 0.0592. The molecule has 14 heteroatoms. The molecule has 0 amide bonds. The van der Waals surface area contributed by atoms with E-state index in [2.05, 4.69) is 19.1 Å². The highest BCUT2D eigenvalue weighted by atomic mass is 32.2. The van der Waals surface area contributed by atoms with Gasteiger partial charge in [0.05, 0.1) is 130 Å². The molecule has 0 saturated heterocycles. The van der Waals surface area contributed by atoms with Crippen LogP contribution in [0.1, 0.15) is 56.6 Å². The molecule has 0 aliphatic rings. The van der Waals surface area contributed by atoms with Gasteiger partial charge < -0.3 is 47.4 Å². The molecule has 0 aliphatic carbocycles. The second kappa shape index (κ2) is 35.0. The average Bonchev–Trinajstić information content (AvgIpc) is 3.19. The predicted molar refractivity (Wildman–Crippen MR) is 211 cm³/mol. The standard InChI is InChI=1S/C41H68O13S/c1-3-4-5-6-7-8-9-39-12-14-40(15-13-39)53-36-34-51-32-30-49-28-26-47-24-22-45-20-18-44-19-21-46-23-25-48-27-29-50-31-33-52-35-37-54-55(42,43)41-16-10-38(2)11-17-41/h10-17H,3-9,18-37H2,1-2H3. The number of hydrogen-bond acceptors (Lipinski definition) is 13. The molecule has 0 unspecified atom stereocenters. The molecular weight excluding hydrogens is 733 g/mol. The zero-order valence-electron chi connectivity index (χ0n) is 33.4. The molecular formula is C41H68O13S. The van der Waals surface area contributed by atoms with Gasteiger partial charge in [0, 0.05) is 0 Å². The van der Waals surface area contributed by atoms with Gasteiger partial charge >= 0.3 is 0 Å². The number of unbranched alkanes of at least 4 members (excludes halogenated alkanes) is 5. The zero-order valence-corrected chi connectivity index (χ0v) is 34.2. The smallest absolute Gasteiger partial charge is 0.297 e. The Balaban J connectivity index is 1.20. The van der Waals surface area contributed by atoms with Crippen LogP contribution in [0, 0.1) is 6.92 Å². The Hall–Kier alpha value is -2.21. The predicted octanol–water partition coefficient (Wildman–Crippen LogP) is 5.83. The van der Waals surface area contributed by atoms with E-state index >= 15 is 0 Å². The zero-order chi connectivity index (χ0) is 39.3. The van der Waals surface area contributed by atoms with Gasteiger partial charge in [-0.15, -0.1) is 0 Å². The molecule has 0 bridgehead atoms. The molecule has 2 rings (SSSR count). The summed E-state index contributed by atoms with van der Waals surface area (Å²) in [5.41, 5.74) is 2.35. The topological polar surface area (TPSA) is 136 Å². The molecule has 0 aliphatic heterocycles. The monoisotopic (exact) mass is 800 g/mol. The number of ether oxygens (including phenoxy) is 10. The first kappa shape index (κ1) is 48.9. The normalized spacial score (nSPS) is 11.7. The van der Waals surface area contributed by atoms with Crippen LogP contribution in [0.3, 0.4) is 0 Å². The van der Waals surface area contributed by atoms with Crippen molar-refractivity contribution in [1.82, 2.24) is 0 Å². The maximum Gasteiger partial charge on any atom is 0.297 e. The van der Waals surface area contributed by atoms with Crippen molar-refractivity contribution in [3.63, 3.8) is 0 Å². The van der Waals surface area contributed by atoms with Crippen molar-refractivity contribution in [1.29, 1.82) is 0 Å². The summed E-state index contributed by atoms with van der Waals surface area (Å²) in [4.78, 5) is 0.129. The molecule has 0 spiro atoms. The minimum absolute atomic E-state index is 0.0590. The molecule has 0 saturated carbocycles. The van der Waals surface area contributed by atoms with Gasteiger partial charge in [-0.3, -0.25) is 4.18 Å². The van der Waals surface area contributed by atoms with E-state index in [1.165, 1.54) is 56.2 Å². The first-order valence-electron chi connectivity index (χ1n) is 19.9. The Morgan fingerprint density at radius 3 is 1.20 bits per heavy atom. The van der Waals surface area contributed by atoms with E-state index in [4.69, 9.17) is 51.6 Å². The van der Waals surface area contributed by atoms with Gasteiger partial charge in [-0.2, -0.15) is 8.42 Å². The van der Waals surface area contributed by atoms with Crippen LogP contribution in [-0.4, -0.2) is 141 Å². The fraction of sp³-hybridized carbons (Fsp3) is 0.707. The van der Waals surface area contributed by atoms with Crippen LogP contribution in [0.15, 0.2) is 53.4 Å². The summed E-state index contributed by atoms with van der Waals surface area (Å²) < 4.78 is 84.3. The van der Waals surface area contributed by atoms with Crippen molar-refractivity contribution >= 4 is 10.1 Å². The summed E-state index contributed by atoms with van der Waals surface area (Å²) in [7, 11) is -3.78. The van der Waals surface area contributed by atoms with Crippen LogP contribution >= 0.6 is 0 Å². The van der Waals surface area contributed by atoms with Crippen molar-refractivity contribution in [3.8, 4) is 5.75 Å². The molecule has 55 heavy (non-hydrogen) atoms. The van der Waals surface area contributed by atoms with E-state index < -0.39 is 10.1 Å². The van der Waals surface area contributed by atoms with Gasteiger partial charge in [0.25, 0.3) is 10.1 Å². The molecule has 2 aromatic carbocycles. The van der Waals surface area contributed by atoms with Gasteiger partial charge in [-0.25, -0.2) is 0 Å². The fourth-order valence-corrected chi connectivity index (χ4v) is 5.81. The second-order valence-electron chi connectivity index (χ2n) is 12.6. The first-order valence-corrected chi connectivity index (χ1v) is 21.3. The van der Waals surface area contributed by atoms with E-state index in [-0.39, 0.29) is 18.1 Å². The summed E-state index contributed by atoms with van der Waals surface area (Å²) in [6.07, 6.45) is 9.05. The van der Waals surface area contributed by atoms with Gasteiger partial charge in [0.1, 0.15) is 12.4 Å². The molecule has 0 heterocycles. The largest absolute Gasteiger partial charge is 0.491 e. The Morgan fingerprint density at radius 1 is 0.418 bits per heavy atom. The second-order valence-corrected chi connectivity index (χ2v) is 14.2. The van der Waals surface area contributed by atoms with E-state index in [0.717, 1.165) is 17.7 Å². The van der Waals surface area contributed by atoms with Crippen molar-refractivity contribution in [2.75, 3.05) is 132 Å². The van der Waals surface area contributed by atoms with Crippen molar-refractivity contribution in [2.24, 2.45) is 0 Å². The lowest BCUT2D eigenvalue weighted by molar-refractivity contribution is -0.0257. The Kier molecular flexibility index (Phi) is 31.1. The van der Waals surface area contributed by atoms with E-state index in [1.807, 2.05) is 19.1 Å². The van der Waals surface area contributed by atoms with Gasteiger partial charge in [0.15, 0.2) is 0 Å².